The highest BCUT2D eigenvalue weighted by Gasteiger charge is 2.19. The Bertz CT molecular complexity index is 1060. The maximum atomic E-state index is 12.9. The zero-order valence-electron chi connectivity index (χ0n) is 17.8. The largest absolute Gasteiger partial charge is 0.329 e. The topological polar surface area (TPSA) is 71.2 Å². The predicted molar refractivity (Wildman–Crippen MR) is 130 cm³/mol. The molecule has 0 unspecified atom stereocenters. The number of hydrogen-bond donors (Lipinski definition) is 2. The van der Waals surface area contributed by atoms with E-state index >= 15 is 0 Å². The number of rotatable bonds is 6. The van der Waals surface area contributed by atoms with Crippen LogP contribution in [0.25, 0.3) is 0 Å². The standard InChI is InChI=1S/C24H26Cl2N4O/c1-24(2,3)17-7-9-18(10-8-17)29-23(31)16-6-11-19(25)21(15-16)30(14-12-27)22-20(26)5-4-13-28-22/h4-11,13,15H,12,14,27H2,1-3H3,(H,29,31). The van der Waals surface area contributed by atoms with Crippen molar-refractivity contribution in [3.8, 4) is 0 Å². The first-order valence-electron chi connectivity index (χ1n) is 10.0. The third-order valence-corrected chi connectivity index (χ3v) is 5.47. The zero-order valence-corrected chi connectivity index (χ0v) is 19.3. The normalized spacial score (nSPS) is 11.3. The highest BCUT2D eigenvalue weighted by molar-refractivity contribution is 6.35. The van der Waals surface area contributed by atoms with E-state index in [1.54, 1.807) is 36.5 Å². The lowest BCUT2D eigenvalue weighted by Gasteiger charge is -2.25. The highest BCUT2D eigenvalue weighted by atomic mass is 35.5. The zero-order chi connectivity index (χ0) is 22.6. The molecule has 2 aromatic carbocycles. The van der Waals surface area contributed by atoms with Crippen molar-refractivity contribution in [1.29, 1.82) is 0 Å². The number of pyridine rings is 1. The molecule has 0 spiro atoms. The number of nitrogens with zero attached hydrogens (tertiary/aromatic N) is 2. The molecule has 7 heteroatoms. The SMILES string of the molecule is CC(C)(C)c1ccc(NC(=O)c2ccc(Cl)c(N(CCN)c3ncccc3Cl)c2)cc1. The van der Waals surface area contributed by atoms with Crippen molar-refractivity contribution in [2.45, 2.75) is 26.2 Å². The number of amides is 1. The van der Waals surface area contributed by atoms with E-state index in [-0.39, 0.29) is 11.3 Å². The minimum atomic E-state index is -0.235. The second kappa shape index (κ2) is 9.69. The number of nitrogens with two attached hydrogens (primary N) is 1. The summed E-state index contributed by atoms with van der Waals surface area (Å²) in [7, 11) is 0. The second-order valence-electron chi connectivity index (χ2n) is 8.20. The molecule has 1 amide bonds. The van der Waals surface area contributed by atoms with E-state index in [4.69, 9.17) is 28.9 Å². The summed E-state index contributed by atoms with van der Waals surface area (Å²) in [6.07, 6.45) is 1.65. The maximum absolute atomic E-state index is 12.9. The van der Waals surface area contributed by atoms with Gasteiger partial charge in [-0.25, -0.2) is 4.98 Å². The molecule has 162 valence electrons. The Morgan fingerprint density at radius 2 is 1.77 bits per heavy atom. The van der Waals surface area contributed by atoms with Crippen molar-refractivity contribution in [3.05, 3.63) is 82.0 Å². The van der Waals surface area contributed by atoms with Crippen molar-refractivity contribution in [1.82, 2.24) is 4.98 Å². The van der Waals surface area contributed by atoms with Crippen LogP contribution in [0, 0.1) is 0 Å². The summed E-state index contributed by atoms with van der Waals surface area (Å²) in [6, 6.07) is 16.5. The summed E-state index contributed by atoms with van der Waals surface area (Å²) in [4.78, 5) is 19.1. The molecular weight excluding hydrogens is 431 g/mol. The fourth-order valence-electron chi connectivity index (χ4n) is 3.16. The molecule has 3 rings (SSSR count). The molecule has 0 aliphatic heterocycles. The lowest BCUT2D eigenvalue weighted by molar-refractivity contribution is 0.102. The third-order valence-electron chi connectivity index (χ3n) is 4.86. The van der Waals surface area contributed by atoms with Gasteiger partial charge in [-0.15, -0.1) is 0 Å². The summed E-state index contributed by atoms with van der Waals surface area (Å²) in [5, 5.41) is 3.89. The number of nitrogens with one attached hydrogen (secondary N) is 1. The van der Waals surface area contributed by atoms with Gasteiger partial charge in [-0.05, 0) is 53.4 Å². The van der Waals surface area contributed by atoms with Crippen LogP contribution in [0.15, 0.2) is 60.8 Å². The van der Waals surface area contributed by atoms with Gasteiger partial charge in [-0.1, -0.05) is 56.1 Å². The van der Waals surface area contributed by atoms with Crippen molar-refractivity contribution in [2.24, 2.45) is 5.73 Å². The summed E-state index contributed by atoms with van der Waals surface area (Å²) >= 11 is 12.8. The van der Waals surface area contributed by atoms with Crippen LogP contribution in [0.1, 0.15) is 36.7 Å². The van der Waals surface area contributed by atoms with E-state index in [1.165, 1.54) is 5.56 Å². The average molecular weight is 457 g/mol. The van der Waals surface area contributed by atoms with Crippen LogP contribution < -0.4 is 16.0 Å². The predicted octanol–water partition coefficient (Wildman–Crippen LogP) is 6.04. The lowest BCUT2D eigenvalue weighted by atomic mass is 9.87. The van der Waals surface area contributed by atoms with Crippen molar-refractivity contribution in [2.75, 3.05) is 23.3 Å². The number of benzene rings is 2. The van der Waals surface area contributed by atoms with Gasteiger partial charge in [0.25, 0.3) is 5.91 Å². The number of aromatic nitrogens is 1. The van der Waals surface area contributed by atoms with Crippen LogP contribution in [0.4, 0.5) is 17.2 Å². The fraction of sp³-hybridized carbons (Fsp3) is 0.250. The van der Waals surface area contributed by atoms with Crippen LogP contribution in [-0.2, 0) is 5.41 Å². The van der Waals surface area contributed by atoms with Crippen LogP contribution in [0.3, 0.4) is 0 Å². The van der Waals surface area contributed by atoms with Gasteiger partial charge in [-0.2, -0.15) is 0 Å². The Labute approximate surface area is 193 Å². The minimum absolute atomic E-state index is 0.0484. The number of carbonyl (C=O) groups is 1. The second-order valence-corrected chi connectivity index (χ2v) is 9.01. The Hall–Kier alpha value is -2.60. The quantitative estimate of drug-likeness (QED) is 0.474. The molecule has 3 N–H and O–H groups in total. The van der Waals surface area contributed by atoms with Crippen molar-refractivity contribution < 1.29 is 4.79 Å². The number of carbonyl (C=O) groups excluding carboxylic acids is 1. The first kappa shape index (κ1) is 23.1. The molecule has 0 saturated heterocycles. The first-order valence-corrected chi connectivity index (χ1v) is 10.8. The molecule has 0 aliphatic carbocycles. The molecule has 0 saturated carbocycles. The summed E-state index contributed by atoms with van der Waals surface area (Å²) in [5.74, 6) is 0.299. The van der Waals surface area contributed by atoms with Crippen LogP contribution >= 0.6 is 23.2 Å². The Kier molecular flexibility index (Phi) is 7.21. The number of halogens is 2. The average Bonchev–Trinajstić information content (AvgIpc) is 2.73. The number of anilines is 3. The van der Waals surface area contributed by atoms with Gasteiger partial charge in [0.15, 0.2) is 5.82 Å². The van der Waals surface area contributed by atoms with E-state index < -0.39 is 0 Å². The van der Waals surface area contributed by atoms with Gasteiger partial charge in [0.05, 0.1) is 15.7 Å². The lowest BCUT2D eigenvalue weighted by Crippen LogP contribution is -2.26. The van der Waals surface area contributed by atoms with E-state index in [2.05, 4.69) is 31.1 Å². The van der Waals surface area contributed by atoms with E-state index in [1.807, 2.05) is 29.2 Å². The van der Waals surface area contributed by atoms with Crippen molar-refractivity contribution >= 4 is 46.3 Å². The molecule has 0 radical (unpaired) electrons. The monoisotopic (exact) mass is 456 g/mol. The van der Waals surface area contributed by atoms with E-state index in [0.29, 0.717) is 40.2 Å². The molecule has 3 aromatic rings. The molecule has 31 heavy (non-hydrogen) atoms. The van der Waals surface area contributed by atoms with Gasteiger partial charge in [0.1, 0.15) is 0 Å². The minimum Gasteiger partial charge on any atom is -0.329 e. The summed E-state index contributed by atoms with van der Waals surface area (Å²) in [5.41, 5.74) is 8.86. The molecule has 0 atom stereocenters. The van der Waals surface area contributed by atoms with Gasteiger partial charge in [-0.3, -0.25) is 4.79 Å². The molecule has 0 fully saturated rings. The summed E-state index contributed by atoms with van der Waals surface area (Å²) in [6.45, 7) is 7.25. The van der Waals surface area contributed by atoms with Gasteiger partial charge in [0, 0.05) is 30.5 Å². The fourth-order valence-corrected chi connectivity index (χ4v) is 3.61. The van der Waals surface area contributed by atoms with Gasteiger partial charge in [0.2, 0.25) is 0 Å². The smallest absolute Gasteiger partial charge is 0.255 e. The Balaban J connectivity index is 1.89. The molecule has 5 nitrogen and oxygen atoms in total. The van der Waals surface area contributed by atoms with Crippen molar-refractivity contribution in [3.63, 3.8) is 0 Å². The molecule has 1 aromatic heterocycles. The molecule has 0 aliphatic rings. The van der Waals surface area contributed by atoms with Crippen LogP contribution in [0.2, 0.25) is 10.0 Å². The first-order chi connectivity index (χ1) is 14.7. The maximum Gasteiger partial charge on any atom is 0.255 e. The Morgan fingerprint density at radius 3 is 2.39 bits per heavy atom. The molecular formula is C24H26Cl2N4O. The Morgan fingerprint density at radius 1 is 1.06 bits per heavy atom. The van der Waals surface area contributed by atoms with Crippen LogP contribution in [0.5, 0.6) is 0 Å². The number of hydrogen-bond acceptors (Lipinski definition) is 4. The van der Waals surface area contributed by atoms with Crippen LogP contribution in [-0.4, -0.2) is 24.0 Å². The third kappa shape index (κ3) is 5.56. The van der Waals surface area contributed by atoms with Gasteiger partial charge >= 0.3 is 0 Å². The van der Waals surface area contributed by atoms with Gasteiger partial charge < -0.3 is 16.0 Å². The molecule has 0 bridgehead atoms. The highest BCUT2D eigenvalue weighted by Crippen LogP contribution is 2.35. The molecule has 1 heterocycles. The van der Waals surface area contributed by atoms with E-state index in [9.17, 15) is 4.79 Å². The summed E-state index contributed by atoms with van der Waals surface area (Å²) < 4.78 is 0. The van der Waals surface area contributed by atoms with E-state index in [0.717, 1.165) is 5.69 Å².